The summed E-state index contributed by atoms with van der Waals surface area (Å²) in [5, 5.41) is 0. The number of aldehydes is 1. The molecule has 1 rings (SSSR count). The molecule has 0 unspecified atom stereocenters. The molecule has 0 spiro atoms. The Balaban J connectivity index is 2.85. The number of hydrogen-bond donors (Lipinski definition) is 0. The minimum absolute atomic E-state index is 0.790. The van der Waals surface area contributed by atoms with E-state index in [-0.39, 0.29) is 0 Å². The van der Waals surface area contributed by atoms with Crippen molar-refractivity contribution < 1.29 is 4.79 Å². The molecule has 0 aliphatic rings. The van der Waals surface area contributed by atoms with Crippen LogP contribution in [-0.2, 0) is 11.8 Å². The van der Waals surface area contributed by atoms with Crippen LogP contribution in [0.4, 0.5) is 0 Å². The van der Waals surface area contributed by atoms with E-state index >= 15 is 0 Å². The van der Waals surface area contributed by atoms with Gasteiger partial charge < -0.3 is 4.57 Å². The molecular weight excluding hydrogens is 150 g/mol. The molecule has 12 heavy (non-hydrogen) atoms. The molecule has 0 bridgehead atoms. The maximum absolute atomic E-state index is 10.5. The Morgan fingerprint density at radius 3 is 2.83 bits per heavy atom. The quantitative estimate of drug-likeness (QED) is 0.493. The lowest BCUT2D eigenvalue weighted by Crippen LogP contribution is -1.81. The lowest BCUT2D eigenvalue weighted by atomic mass is 10.1. The standard InChI is InChI=1S/C10H13NO/c1-3-9(8-12)6-10-4-5-11(2)7-10/h4-8H,3H2,1-2H3. The Bertz CT molecular complexity index is 297. The van der Waals surface area contributed by atoms with Crippen molar-refractivity contribution in [3.8, 4) is 0 Å². The molecule has 0 saturated carbocycles. The topological polar surface area (TPSA) is 22.0 Å². The van der Waals surface area contributed by atoms with Crippen molar-refractivity contribution in [2.75, 3.05) is 0 Å². The normalized spacial score (nSPS) is 11.7. The summed E-state index contributed by atoms with van der Waals surface area (Å²) in [5.41, 5.74) is 1.92. The predicted molar refractivity (Wildman–Crippen MR) is 49.7 cm³/mol. The lowest BCUT2D eigenvalue weighted by Gasteiger charge is -1.90. The van der Waals surface area contributed by atoms with E-state index in [0.717, 1.165) is 23.8 Å². The average Bonchev–Trinajstić information content (AvgIpc) is 2.47. The van der Waals surface area contributed by atoms with Crippen LogP contribution >= 0.6 is 0 Å². The molecule has 0 aromatic carbocycles. The number of nitrogens with zero attached hydrogens (tertiary/aromatic N) is 1. The van der Waals surface area contributed by atoms with Gasteiger partial charge in [-0.25, -0.2) is 0 Å². The van der Waals surface area contributed by atoms with Crippen LogP contribution in [0.1, 0.15) is 18.9 Å². The van der Waals surface area contributed by atoms with Gasteiger partial charge in [0.15, 0.2) is 0 Å². The first kappa shape index (κ1) is 8.78. The molecule has 0 aliphatic heterocycles. The van der Waals surface area contributed by atoms with Crippen LogP contribution in [0.5, 0.6) is 0 Å². The number of hydrogen-bond acceptors (Lipinski definition) is 1. The summed E-state index contributed by atoms with van der Waals surface area (Å²) in [6.45, 7) is 1.98. The molecule has 1 heterocycles. The van der Waals surface area contributed by atoms with Gasteiger partial charge in [-0.2, -0.15) is 0 Å². The predicted octanol–water partition coefficient (Wildman–Crippen LogP) is 2.02. The first-order chi connectivity index (χ1) is 5.76. The minimum Gasteiger partial charge on any atom is -0.357 e. The second kappa shape index (κ2) is 3.90. The fraction of sp³-hybridized carbons (Fsp3) is 0.300. The van der Waals surface area contributed by atoms with Gasteiger partial charge in [-0.3, -0.25) is 4.79 Å². The average molecular weight is 163 g/mol. The summed E-state index contributed by atoms with van der Waals surface area (Å²) >= 11 is 0. The lowest BCUT2D eigenvalue weighted by molar-refractivity contribution is -0.104. The smallest absolute Gasteiger partial charge is 0.146 e. The Morgan fingerprint density at radius 1 is 1.67 bits per heavy atom. The third-order valence-electron chi connectivity index (χ3n) is 1.77. The fourth-order valence-corrected chi connectivity index (χ4v) is 1.04. The summed E-state index contributed by atoms with van der Waals surface area (Å²) in [7, 11) is 1.96. The van der Waals surface area contributed by atoms with Gasteiger partial charge >= 0.3 is 0 Å². The Morgan fingerprint density at radius 2 is 2.42 bits per heavy atom. The number of carbonyl (C=O) groups excluding carboxylic acids is 1. The molecule has 0 atom stereocenters. The molecule has 0 saturated heterocycles. The van der Waals surface area contributed by atoms with Crippen molar-refractivity contribution in [1.29, 1.82) is 0 Å². The molecule has 64 valence electrons. The molecule has 0 amide bonds. The van der Waals surface area contributed by atoms with Gasteiger partial charge in [0.2, 0.25) is 0 Å². The molecular formula is C10H13NO. The van der Waals surface area contributed by atoms with Gasteiger partial charge in [0, 0.05) is 19.4 Å². The van der Waals surface area contributed by atoms with Crippen LogP contribution in [0, 0.1) is 0 Å². The van der Waals surface area contributed by atoms with Gasteiger partial charge in [0.1, 0.15) is 6.29 Å². The zero-order chi connectivity index (χ0) is 8.97. The second-order valence-corrected chi connectivity index (χ2v) is 2.80. The zero-order valence-electron chi connectivity index (χ0n) is 7.45. The summed E-state index contributed by atoms with van der Waals surface area (Å²) in [6, 6.07) is 1.99. The highest BCUT2D eigenvalue weighted by molar-refractivity contribution is 5.81. The Kier molecular flexibility index (Phi) is 2.86. The molecule has 0 radical (unpaired) electrons. The molecule has 0 N–H and O–H groups in total. The largest absolute Gasteiger partial charge is 0.357 e. The Labute approximate surface area is 72.5 Å². The van der Waals surface area contributed by atoms with E-state index in [1.807, 2.05) is 43.1 Å². The maximum atomic E-state index is 10.5. The highest BCUT2D eigenvalue weighted by Crippen LogP contribution is 2.07. The van der Waals surface area contributed by atoms with Crippen LogP contribution in [0.25, 0.3) is 6.08 Å². The van der Waals surface area contributed by atoms with Crippen LogP contribution in [-0.4, -0.2) is 10.9 Å². The summed E-state index contributed by atoms with van der Waals surface area (Å²) in [5.74, 6) is 0. The molecule has 2 heteroatoms. The monoisotopic (exact) mass is 163 g/mol. The number of allylic oxidation sites excluding steroid dienone is 1. The van der Waals surface area contributed by atoms with E-state index in [2.05, 4.69) is 0 Å². The summed E-state index contributed by atoms with van der Waals surface area (Å²) in [6.07, 6.45) is 7.56. The van der Waals surface area contributed by atoms with Gasteiger partial charge in [-0.05, 0) is 29.7 Å². The van der Waals surface area contributed by atoms with Crippen LogP contribution < -0.4 is 0 Å². The molecule has 0 fully saturated rings. The van der Waals surface area contributed by atoms with Crippen molar-refractivity contribution in [2.45, 2.75) is 13.3 Å². The van der Waals surface area contributed by atoms with Crippen molar-refractivity contribution in [2.24, 2.45) is 7.05 Å². The number of aromatic nitrogens is 1. The first-order valence-corrected chi connectivity index (χ1v) is 4.04. The van der Waals surface area contributed by atoms with Crippen molar-refractivity contribution in [3.63, 3.8) is 0 Å². The second-order valence-electron chi connectivity index (χ2n) is 2.80. The van der Waals surface area contributed by atoms with Gasteiger partial charge in [0.25, 0.3) is 0 Å². The van der Waals surface area contributed by atoms with Crippen molar-refractivity contribution in [1.82, 2.24) is 4.57 Å². The van der Waals surface area contributed by atoms with E-state index in [9.17, 15) is 4.79 Å². The Hall–Kier alpha value is -1.31. The summed E-state index contributed by atoms with van der Waals surface area (Å²) in [4.78, 5) is 10.5. The SMILES string of the molecule is CCC(C=O)=Cc1ccn(C)c1. The minimum atomic E-state index is 0.790. The molecule has 2 nitrogen and oxygen atoms in total. The maximum Gasteiger partial charge on any atom is 0.146 e. The van der Waals surface area contributed by atoms with Crippen LogP contribution in [0.3, 0.4) is 0 Å². The van der Waals surface area contributed by atoms with E-state index in [1.54, 1.807) is 0 Å². The van der Waals surface area contributed by atoms with E-state index in [0.29, 0.717) is 0 Å². The van der Waals surface area contributed by atoms with Crippen molar-refractivity contribution in [3.05, 3.63) is 29.6 Å². The number of carbonyl (C=O) groups is 1. The molecule has 0 aliphatic carbocycles. The molecule has 1 aromatic heterocycles. The zero-order valence-corrected chi connectivity index (χ0v) is 7.45. The third kappa shape index (κ3) is 2.09. The van der Waals surface area contributed by atoms with Crippen molar-refractivity contribution >= 4 is 12.4 Å². The van der Waals surface area contributed by atoms with Gasteiger partial charge in [0.05, 0.1) is 0 Å². The fourth-order valence-electron chi connectivity index (χ4n) is 1.04. The van der Waals surface area contributed by atoms with Crippen LogP contribution in [0.15, 0.2) is 24.0 Å². The number of rotatable bonds is 3. The highest BCUT2D eigenvalue weighted by atomic mass is 16.1. The summed E-state index contributed by atoms with van der Waals surface area (Å²) < 4.78 is 1.96. The van der Waals surface area contributed by atoms with Gasteiger partial charge in [-0.15, -0.1) is 0 Å². The highest BCUT2D eigenvalue weighted by Gasteiger charge is 1.93. The van der Waals surface area contributed by atoms with E-state index in [1.165, 1.54) is 0 Å². The van der Waals surface area contributed by atoms with E-state index in [4.69, 9.17) is 0 Å². The molecule has 1 aromatic rings. The number of aryl methyl sites for hydroxylation is 1. The first-order valence-electron chi connectivity index (χ1n) is 4.04. The van der Waals surface area contributed by atoms with Gasteiger partial charge in [-0.1, -0.05) is 6.92 Å². The third-order valence-corrected chi connectivity index (χ3v) is 1.77. The van der Waals surface area contributed by atoms with E-state index < -0.39 is 0 Å². The van der Waals surface area contributed by atoms with Crippen LogP contribution in [0.2, 0.25) is 0 Å².